The zero-order valence-electron chi connectivity index (χ0n) is 14.6. The summed E-state index contributed by atoms with van der Waals surface area (Å²) in [7, 11) is 3.37. The van der Waals surface area contributed by atoms with Gasteiger partial charge in [-0.05, 0) is 44.7 Å². The van der Waals surface area contributed by atoms with Crippen molar-refractivity contribution in [1.82, 2.24) is 4.90 Å². The van der Waals surface area contributed by atoms with Gasteiger partial charge in [-0.3, -0.25) is 4.90 Å². The van der Waals surface area contributed by atoms with Crippen LogP contribution in [0.2, 0.25) is 0 Å². The maximum absolute atomic E-state index is 6.07. The lowest BCUT2D eigenvalue weighted by Crippen LogP contribution is -2.61. The summed E-state index contributed by atoms with van der Waals surface area (Å²) in [6.07, 6.45) is 2.02. The molecule has 0 heterocycles. The average Bonchev–Trinajstić information content (AvgIpc) is 2.39. The van der Waals surface area contributed by atoms with Gasteiger partial charge in [-0.15, -0.1) is 0 Å². The number of nitrogens with two attached hydrogens (primary N) is 1. The molecule has 0 saturated heterocycles. The van der Waals surface area contributed by atoms with Crippen molar-refractivity contribution in [3.63, 3.8) is 0 Å². The van der Waals surface area contributed by atoms with Gasteiger partial charge in [-0.2, -0.15) is 0 Å². The van der Waals surface area contributed by atoms with Gasteiger partial charge in [0.15, 0.2) is 6.29 Å². The van der Waals surface area contributed by atoms with Gasteiger partial charge in [-0.25, -0.2) is 0 Å². The normalized spacial score (nSPS) is 15.6. The molecule has 0 amide bonds. The van der Waals surface area contributed by atoms with E-state index >= 15 is 0 Å². The summed E-state index contributed by atoms with van der Waals surface area (Å²) in [6, 6.07) is 0. The smallest absolute Gasteiger partial charge is 0.176 e. The molecule has 122 valence electrons. The molecular weight excluding hydrogens is 252 g/mol. The summed E-state index contributed by atoms with van der Waals surface area (Å²) in [6.45, 7) is 13.7. The Morgan fingerprint density at radius 3 is 1.60 bits per heavy atom. The average molecular weight is 288 g/mol. The minimum absolute atomic E-state index is 0.284. The van der Waals surface area contributed by atoms with Crippen molar-refractivity contribution >= 4 is 0 Å². The number of methoxy groups -OCH3 is 2. The number of hydrogen-bond acceptors (Lipinski definition) is 4. The Morgan fingerprint density at radius 2 is 1.35 bits per heavy atom. The van der Waals surface area contributed by atoms with Crippen molar-refractivity contribution in [2.45, 2.75) is 59.3 Å². The number of hydrogen-bond donors (Lipinski definition) is 1. The van der Waals surface area contributed by atoms with Crippen LogP contribution < -0.4 is 5.73 Å². The fourth-order valence-electron chi connectivity index (χ4n) is 2.43. The van der Waals surface area contributed by atoms with E-state index in [-0.39, 0.29) is 11.8 Å². The maximum Gasteiger partial charge on any atom is 0.176 e. The molecule has 0 radical (unpaired) electrons. The summed E-state index contributed by atoms with van der Waals surface area (Å²) in [5.74, 6) is 1.37. The summed E-state index contributed by atoms with van der Waals surface area (Å²) in [5, 5.41) is 0. The van der Waals surface area contributed by atoms with E-state index in [2.05, 4.69) is 39.5 Å². The van der Waals surface area contributed by atoms with Gasteiger partial charge in [0.05, 0.1) is 5.54 Å². The van der Waals surface area contributed by atoms with Crippen LogP contribution in [0.15, 0.2) is 0 Å². The van der Waals surface area contributed by atoms with Crippen LogP contribution in [0.1, 0.15) is 47.5 Å². The van der Waals surface area contributed by atoms with Gasteiger partial charge in [0.2, 0.25) is 0 Å². The monoisotopic (exact) mass is 288 g/mol. The standard InChI is InChI=1S/C16H36N2O2/c1-13(2)8-10-18(11-9-14(3)4)16(5,12-17)15(19-6)20-7/h13-15H,8-12,17H2,1-7H3. The van der Waals surface area contributed by atoms with Gasteiger partial charge < -0.3 is 15.2 Å². The third kappa shape index (κ3) is 6.08. The molecule has 0 bridgehead atoms. The summed E-state index contributed by atoms with van der Waals surface area (Å²) in [5.41, 5.74) is 5.79. The topological polar surface area (TPSA) is 47.7 Å². The fraction of sp³-hybridized carbons (Fsp3) is 1.00. The van der Waals surface area contributed by atoms with Crippen LogP contribution in [0, 0.1) is 11.8 Å². The second kappa shape index (κ2) is 9.72. The van der Waals surface area contributed by atoms with E-state index in [0.717, 1.165) is 25.9 Å². The van der Waals surface area contributed by atoms with Crippen LogP contribution in [0.4, 0.5) is 0 Å². The van der Waals surface area contributed by atoms with Crippen molar-refractivity contribution < 1.29 is 9.47 Å². The van der Waals surface area contributed by atoms with Gasteiger partial charge in [0, 0.05) is 20.8 Å². The molecule has 0 aliphatic carbocycles. The molecule has 0 rings (SSSR count). The Balaban J connectivity index is 4.99. The highest BCUT2D eigenvalue weighted by atomic mass is 16.7. The van der Waals surface area contributed by atoms with E-state index in [0.29, 0.717) is 18.4 Å². The lowest BCUT2D eigenvalue weighted by atomic mass is 9.96. The Bertz CT molecular complexity index is 231. The SMILES string of the molecule is COC(OC)C(C)(CN)N(CCC(C)C)CCC(C)C. The molecule has 4 heteroatoms. The third-order valence-electron chi connectivity index (χ3n) is 4.02. The van der Waals surface area contributed by atoms with Crippen LogP contribution in [0.5, 0.6) is 0 Å². The molecule has 0 saturated carbocycles. The highest BCUT2D eigenvalue weighted by molar-refractivity contribution is 4.91. The van der Waals surface area contributed by atoms with E-state index in [9.17, 15) is 0 Å². The van der Waals surface area contributed by atoms with Crippen molar-refractivity contribution in [1.29, 1.82) is 0 Å². The van der Waals surface area contributed by atoms with Gasteiger partial charge in [0.1, 0.15) is 0 Å². The molecule has 0 spiro atoms. The quantitative estimate of drug-likeness (QED) is 0.594. The first kappa shape index (κ1) is 19.8. The van der Waals surface area contributed by atoms with Crippen molar-refractivity contribution in [2.24, 2.45) is 17.6 Å². The number of nitrogens with zero attached hydrogens (tertiary/aromatic N) is 1. The molecule has 0 aromatic heterocycles. The summed E-state index contributed by atoms with van der Waals surface area (Å²) in [4.78, 5) is 2.45. The molecule has 4 nitrogen and oxygen atoms in total. The summed E-state index contributed by atoms with van der Waals surface area (Å²) >= 11 is 0. The molecule has 2 N–H and O–H groups in total. The van der Waals surface area contributed by atoms with Crippen molar-refractivity contribution in [2.75, 3.05) is 33.9 Å². The minimum atomic E-state index is -0.299. The maximum atomic E-state index is 6.07. The molecule has 1 atom stereocenters. The predicted molar refractivity (Wildman–Crippen MR) is 85.7 cm³/mol. The second-order valence-corrected chi connectivity index (χ2v) is 6.72. The molecule has 0 aliphatic rings. The minimum Gasteiger partial charge on any atom is -0.354 e. The first-order valence-corrected chi connectivity index (χ1v) is 7.82. The fourth-order valence-corrected chi connectivity index (χ4v) is 2.43. The molecule has 1 unspecified atom stereocenters. The summed E-state index contributed by atoms with van der Waals surface area (Å²) < 4.78 is 11.0. The number of ether oxygens (including phenoxy) is 2. The lowest BCUT2D eigenvalue weighted by molar-refractivity contribution is -0.182. The van der Waals surface area contributed by atoms with Crippen molar-refractivity contribution in [3.8, 4) is 0 Å². The number of rotatable bonds is 11. The van der Waals surface area contributed by atoms with E-state index in [1.165, 1.54) is 0 Å². The zero-order chi connectivity index (χ0) is 15.8. The highest BCUT2D eigenvalue weighted by Gasteiger charge is 2.39. The van der Waals surface area contributed by atoms with Crippen LogP contribution in [0.3, 0.4) is 0 Å². The van der Waals surface area contributed by atoms with Crippen LogP contribution >= 0.6 is 0 Å². The van der Waals surface area contributed by atoms with E-state index < -0.39 is 0 Å². The molecule has 0 aliphatic heterocycles. The largest absolute Gasteiger partial charge is 0.354 e. The molecule has 0 aromatic carbocycles. The highest BCUT2D eigenvalue weighted by Crippen LogP contribution is 2.24. The Kier molecular flexibility index (Phi) is 9.64. The van der Waals surface area contributed by atoms with E-state index in [1.807, 2.05) is 0 Å². The lowest BCUT2D eigenvalue weighted by Gasteiger charge is -2.45. The second-order valence-electron chi connectivity index (χ2n) is 6.72. The van der Waals surface area contributed by atoms with Crippen LogP contribution in [-0.2, 0) is 9.47 Å². The third-order valence-corrected chi connectivity index (χ3v) is 4.02. The van der Waals surface area contributed by atoms with Crippen LogP contribution in [-0.4, -0.2) is 50.6 Å². The zero-order valence-corrected chi connectivity index (χ0v) is 14.6. The first-order valence-electron chi connectivity index (χ1n) is 7.82. The first-order chi connectivity index (χ1) is 9.31. The van der Waals surface area contributed by atoms with E-state index in [4.69, 9.17) is 15.2 Å². The van der Waals surface area contributed by atoms with Crippen LogP contribution in [0.25, 0.3) is 0 Å². The van der Waals surface area contributed by atoms with E-state index in [1.54, 1.807) is 14.2 Å². The molecule has 20 heavy (non-hydrogen) atoms. The Hall–Kier alpha value is -0.160. The van der Waals surface area contributed by atoms with Gasteiger partial charge >= 0.3 is 0 Å². The Morgan fingerprint density at radius 1 is 0.950 bits per heavy atom. The Labute approximate surface area is 126 Å². The van der Waals surface area contributed by atoms with Gasteiger partial charge in [0.25, 0.3) is 0 Å². The van der Waals surface area contributed by atoms with Crippen molar-refractivity contribution in [3.05, 3.63) is 0 Å². The van der Waals surface area contributed by atoms with Gasteiger partial charge in [-0.1, -0.05) is 27.7 Å². The predicted octanol–water partition coefficient (Wildman–Crippen LogP) is 2.72. The molecular formula is C16H36N2O2. The molecule has 0 fully saturated rings. The molecule has 0 aromatic rings.